The van der Waals surface area contributed by atoms with E-state index in [0.29, 0.717) is 55.9 Å². The second-order valence-corrected chi connectivity index (χ2v) is 15.9. The van der Waals surface area contributed by atoms with E-state index < -0.39 is 56.0 Å². The number of thioether (sulfide) groups is 1. The first kappa shape index (κ1) is 39.1. The zero-order valence-corrected chi connectivity index (χ0v) is 30.4. The maximum atomic E-state index is 13.6. The predicted molar refractivity (Wildman–Crippen MR) is 193 cm³/mol. The molecule has 2 heterocycles. The Morgan fingerprint density at radius 1 is 0.981 bits per heavy atom. The SMILES string of the molecule is CN(CCCNc1cccc2c1C(=O)N(C1CCC(=O)NC1=O)C2=O)CCC(CSc1ccccc1)Nc1ccc(SN)cc1S(=O)(=O)C(F)(F)F. The van der Waals surface area contributed by atoms with Gasteiger partial charge in [0.1, 0.15) is 10.9 Å². The molecule has 3 aromatic carbocycles. The van der Waals surface area contributed by atoms with Crippen molar-refractivity contribution >= 4 is 68.6 Å². The summed E-state index contributed by atoms with van der Waals surface area (Å²) in [6, 6.07) is 16.5. The van der Waals surface area contributed by atoms with E-state index in [0.717, 1.165) is 15.9 Å². The third-order valence-corrected chi connectivity index (χ3v) is 11.8. The summed E-state index contributed by atoms with van der Waals surface area (Å²) in [7, 11) is -3.79. The second-order valence-electron chi connectivity index (χ2n) is 12.2. The fraction of sp³-hybridized carbons (Fsp3) is 0.353. The van der Waals surface area contributed by atoms with Gasteiger partial charge < -0.3 is 15.5 Å². The smallest absolute Gasteiger partial charge is 0.384 e. The van der Waals surface area contributed by atoms with Gasteiger partial charge in [-0.15, -0.1) is 11.8 Å². The van der Waals surface area contributed by atoms with Gasteiger partial charge in [0.15, 0.2) is 0 Å². The van der Waals surface area contributed by atoms with Gasteiger partial charge >= 0.3 is 5.51 Å². The van der Waals surface area contributed by atoms with Crippen LogP contribution in [0.2, 0.25) is 0 Å². The van der Waals surface area contributed by atoms with Crippen LogP contribution in [0.4, 0.5) is 24.5 Å². The first-order chi connectivity index (χ1) is 24.7. The quantitative estimate of drug-likeness (QED) is 0.0683. The molecule has 2 aliphatic heterocycles. The number of fused-ring (bicyclic) bond motifs is 1. The molecule has 18 heteroatoms. The molecule has 1 saturated heterocycles. The number of nitrogens with two attached hydrogens (primary N) is 1. The van der Waals surface area contributed by atoms with E-state index in [1.165, 1.54) is 30.0 Å². The van der Waals surface area contributed by atoms with E-state index in [4.69, 9.17) is 5.14 Å². The molecule has 5 N–H and O–H groups in total. The van der Waals surface area contributed by atoms with E-state index in [2.05, 4.69) is 16.0 Å². The molecule has 3 aromatic rings. The Balaban J connectivity index is 1.21. The Labute approximate surface area is 307 Å². The molecule has 2 unspecified atom stereocenters. The number of carbonyl (C=O) groups excluding carboxylic acids is 4. The van der Waals surface area contributed by atoms with Crippen LogP contribution in [-0.4, -0.2) is 91.9 Å². The number of carbonyl (C=O) groups is 4. The minimum atomic E-state index is -5.67. The largest absolute Gasteiger partial charge is 0.501 e. The molecule has 12 nitrogen and oxygen atoms in total. The highest BCUT2D eigenvalue weighted by Crippen LogP contribution is 2.37. The second kappa shape index (κ2) is 16.7. The van der Waals surface area contributed by atoms with Crippen LogP contribution in [0.3, 0.4) is 0 Å². The van der Waals surface area contributed by atoms with E-state index in [-0.39, 0.29) is 34.6 Å². The lowest BCUT2D eigenvalue weighted by Crippen LogP contribution is -2.54. The van der Waals surface area contributed by atoms with Gasteiger partial charge in [0.05, 0.1) is 16.8 Å². The predicted octanol–water partition coefficient (Wildman–Crippen LogP) is 4.74. The van der Waals surface area contributed by atoms with E-state index in [1.54, 1.807) is 12.1 Å². The average molecular weight is 779 g/mol. The molecule has 0 spiro atoms. The molecule has 0 aliphatic carbocycles. The van der Waals surface area contributed by atoms with E-state index in [9.17, 15) is 40.8 Å². The van der Waals surface area contributed by atoms with Gasteiger partial charge in [0.25, 0.3) is 21.7 Å². The molecule has 4 amide bonds. The molecule has 0 saturated carbocycles. The highest BCUT2D eigenvalue weighted by atomic mass is 32.2. The van der Waals surface area contributed by atoms with Crippen molar-refractivity contribution in [2.45, 2.75) is 58.0 Å². The van der Waals surface area contributed by atoms with Gasteiger partial charge in [-0.2, -0.15) is 13.2 Å². The van der Waals surface area contributed by atoms with E-state index >= 15 is 0 Å². The lowest BCUT2D eigenvalue weighted by molar-refractivity contribution is -0.136. The monoisotopic (exact) mass is 778 g/mol. The summed E-state index contributed by atoms with van der Waals surface area (Å²) in [5, 5.41) is 14.0. The third kappa shape index (κ3) is 8.91. The number of anilines is 2. The van der Waals surface area contributed by atoms with Crippen molar-refractivity contribution in [1.29, 1.82) is 0 Å². The number of benzene rings is 3. The number of amides is 4. The van der Waals surface area contributed by atoms with E-state index in [1.807, 2.05) is 42.3 Å². The number of sulfone groups is 1. The summed E-state index contributed by atoms with van der Waals surface area (Å²) in [5.74, 6) is -1.91. The Morgan fingerprint density at radius 2 is 1.73 bits per heavy atom. The van der Waals surface area contributed by atoms with Crippen molar-refractivity contribution < 1.29 is 40.8 Å². The standard InChI is InChI=1S/C34H37F3N6O6S3/c1-42(17-6-16-39-26-10-5-9-24-30(26)33(47)43(32(24)46)27-13-14-29(44)41-31(27)45)18-15-21(20-50-22-7-3-2-4-8-22)40-25-12-11-23(51-38)19-28(25)52(48,49)34(35,36)37/h2-5,7-12,19,21,27,39-40H,6,13-18,20,38H2,1H3,(H,41,44,45). The van der Waals surface area contributed by atoms with Crippen molar-refractivity contribution in [1.82, 2.24) is 15.1 Å². The van der Waals surface area contributed by atoms with Crippen molar-refractivity contribution in [3.05, 3.63) is 77.9 Å². The number of nitrogens with zero attached hydrogens (tertiary/aromatic N) is 2. The molecular formula is C34H37F3N6O6S3. The number of hydrogen-bond donors (Lipinski definition) is 4. The lowest BCUT2D eigenvalue weighted by atomic mass is 10.0. The van der Waals surface area contributed by atoms with Gasteiger partial charge in [0, 0.05) is 40.2 Å². The number of piperidine rings is 1. The molecule has 1 fully saturated rings. The van der Waals surface area contributed by atoms with Crippen LogP contribution in [0.5, 0.6) is 0 Å². The van der Waals surface area contributed by atoms with Crippen LogP contribution in [0.25, 0.3) is 0 Å². The van der Waals surface area contributed by atoms with Crippen LogP contribution in [0.1, 0.15) is 46.4 Å². The maximum absolute atomic E-state index is 13.6. The molecule has 0 aromatic heterocycles. The Morgan fingerprint density at radius 3 is 2.42 bits per heavy atom. The molecule has 0 radical (unpaired) electrons. The molecule has 5 rings (SSSR count). The van der Waals surface area contributed by atoms with Crippen LogP contribution >= 0.6 is 23.7 Å². The van der Waals surface area contributed by atoms with Crippen LogP contribution < -0.4 is 21.1 Å². The zero-order valence-electron chi connectivity index (χ0n) is 27.9. The minimum Gasteiger partial charge on any atom is -0.384 e. The van der Waals surface area contributed by atoms with Crippen molar-refractivity contribution in [3.63, 3.8) is 0 Å². The fourth-order valence-electron chi connectivity index (χ4n) is 5.90. The Bertz CT molecular complexity index is 1930. The number of nitrogens with one attached hydrogen (secondary N) is 3. The first-order valence-electron chi connectivity index (χ1n) is 16.2. The highest BCUT2D eigenvalue weighted by Gasteiger charge is 2.48. The Hall–Kier alpha value is -4.10. The van der Waals surface area contributed by atoms with Crippen molar-refractivity contribution in [2.75, 3.05) is 43.1 Å². The fourth-order valence-corrected chi connectivity index (χ4v) is 8.24. The molecular weight excluding hydrogens is 742 g/mol. The number of imide groups is 2. The van der Waals surface area contributed by atoms with Crippen LogP contribution in [0.15, 0.2) is 81.4 Å². The number of hydrogen-bond acceptors (Lipinski definition) is 12. The minimum absolute atomic E-state index is 0.0211. The summed E-state index contributed by atoms with van der Waals surface area (Å²) in [4.78, 5) is 53.7. The molecule has 0 bridgehead atoms. The number of alkyl halides is 3. The van der Waals surface area contributed by atoms with Crippen molar-refractivity contribution in [3.8, 4) is 0 Å². The van der Waals surface area contributed by atoms with Crippen LogP contribution in [-0.2, 0) is 19.4 Å². The average Bonchev–Trinajstić information content (AvgIpc) is 3.37. The molecule has 278 valence electrons. The number of halogens is 3. The van der Waals surface area contributed by atoms with Gasteiger partial charge in [-0.25, -0.2) is 8.42 Å². The normalized spacial score (nSPS) is 17.0. The molecule has 52 heavy (non-hydrogen) atoms. The van der Waals surface area contributed by atoms with Crippen molar-refractivity contribution in [2.24, 2.45) is 5.14 Å². The molecule has 2 aliphatic rings. The molecule has 2 atom stereocenters. The van der Waals surface area contributed by atoms with Gasteiger partial charge in [0.2, 0.25) is 11.8 Å². The zero-order chi connectivity index (χ0) is 37.6. The summed E-state index contributed by atoms with van der Waals surface area (Å²) in [6.45, 7) is 1.53. The summed E-state index contributed by atoms with van der Waals surface area (Å²) in [5.41, 5.74) is -4.88. The third-order valence-electron chi connectivity index (χ3n) is 8.60. The first-order valence-corrected chi connectivity index (χ1v) is 19.6. The van der Waals surface area contributed by atoms with Gasteiger partial charge in [-0.05, 0) is 93.8 Å². The van der Waals surface area contributed by atoms with Gasteiger partial charge in [-0.1, -0.05) is 24.3 Å². The lowest BCUT2D eigenvalue weighted by Gasteiger charge is -2.27. The number of rotatable bonds is 16. The summed E-state index contributed by atoms with van der Waals surface area (Å²) >= 11 is 2.13. The maximum Gasteiger partial charge on any atom is 0.501 e. The topological polar surface area (TPSA) is 171 Å². The highest BCUT2D eigenvalue weighted by molar-refractivity contribution is 7.99. The van der Waals surface area contributed by atoms with Crippen LogP contribution in [0, 0.1) is 0 Å². The van der Waals surface area contributed by atoms with Gasteiger partial charge in [-0.3, -0.25) is 34.5 Å². The Kier molecular flexibility index (Phi) is 12.6. The summed E-state index contributed by atoms with van der Waals surface area (Å²) in [6.07, 6.45) is 1.15. The summed E-state index contributed by atoms with van der Waals surface area (Å²) < 4.78 is 66.0.